The maximum absolute atomic E-state index is 3.67. The Morgan fingerprint density at radius 1 is 0.938 bits per heavy atom. The lowest BCUT2D eigenvalue weighted by Crippen LogP contribution is -2.30. The molecule has 0 spiro atoms. The first-order chi connectivity index (χ1) is 7.59. The molecule has 1 rings (SSSR count). The lowest BCUT2D eigenvalue weighted by atomic mass is 9.84. The van der Waals surface area contributed by atoms with Gasteiger partial charge in [0.15, 0.2) is 0 Å². The Hall–Kier alpha value is -0.0400. The van der Waals surface area contributed by atoms with E-state index in [1.54, 1.807) is 0 Å². The second kappa shape index (κ2) is 7.32. The minimum Gasteiger partial charge on any atom is -0.316 e. The molecule has 0 bridgehead atoms. The number of hydrogen-bond acceptors (Lipinski definition) is 1. The van der Waals surface area contributed by atoms with Gasteiger partial charge in [-0.2, -0.15) is 0 Å². The lowest BCUT2D eigenvalue weighted by molar-refractivity contribution is 0.271. The summed E-state index contributed by atoms with van der Waals surface area (Å²) in [4.78, 5) is 0. The van der Waals surface area contributed by atoms with Gasteiger partial charge in [-0.25, -0.2) is 0 Å². The van der Waals surface area contributed by atoms with Crippen molar-refractivity contribution >= 4 is 0 Å². The van der Waals surface area contributed by atoms with Gasteiger partial charge in [-0.15, -0.1) is 0 Å². The van der Waals surface area contributed by atoms with E-state index in [9.17, 15) is 0 Å². The molecule has 0 aromatic heterocycles. The normalized spacial score (nSPS) is 19.9. The van der Waals surface area contributed by atoms with E-state index in [-0.39, 0.29) is 0 Å². The van der Waals surface area contributed by atoms with Gasteiger partial charge in [0.1, 0.15) is 0 Å². The number of hydrogen-bond donors (Lipinski definition) is 1. The highest BCUT2D eigenvalue weighted by Gasteiger charge is 2.25. The molecule has 16 heavy (non-hydrogen) atoms. The molecular formula is C15H31N. The Morgan fingerprint density at radius 3 is 2.06 bits per heavy atom. The smallest absolute Gasteiger partial charge is 0.00177 e. The molecule has 0 saturated heterocycles. The minimum absolute atomic E-state index is 0.781. The quantitative estimate of drug-likeness (QED) is 0.688. The third-order valence-electron chi connectivity index (χ3n) is 3.80. The molecular weight excluding hydrogens is 194 g/mol. The fourth-order valence-electron chi connectivity index (χ4n) is 3.03. The maximum atomic E-state index is 3.67. The summed E-state index contributed by atoms with van der Waals surface area (Å²) >= 11 is 0. The van der Waals surface area contributed by atoms with Crippen LogP contribution in [0.4, 0.5) is 0 Å². The molecule has 96 valence electrons. The van der Waals surface area contributed by atoms with Gasteiger partial charge in [-0.3, -0.25) is 0 Å². The lowest BCUT2D eigenvalue weighted by Gasteiger charge is -2.26. The molecule has 1 atom stereocenters. The van der Waals surface area contributed by atoms with E-state index in [1.807, 2.05) is 0 Å². The molecule has 0 radical (unpaired) electrons. The predicted octanol–water partition coefficient (Wildman–Crippen LogP) is 4.08. The summed E-state index contributed by atoms with van der Waals surface area (Å²) in [5.74, 6) is 3.58. The summed E-state index contributed by atoms with van der Waals surface area (Å²) in [7, 11) is 0. The summed E-state index contributed by atoms with van der Waals surface area (Å²) in [5, 5.41) is 3.67. The van der Waals surface area contributed by atoms with Crippen molar-refractivity contribution in [3.05, 3.63) is 0 Å². The molecule has 0 heterocycles. The summed E-state index contributed by atoms with van der Waals surface area (Å²) in [6.07, 6.45) is 7.34. The van der Waals surface area contributed by atoms with Crippen LogP contribution >= 0.6 is 0 Å². The Balaban J connectivity index is 2.31. The van der Waals surface area contributed by atoms with E-state index in [2.05, 4.69) is 33.0 Å². The molecule has 0 amide bonds. The fraction of sp³-hybridized carbons (Fsp3) is 1.00. The highest BCUT2D eigenvalue weighted by molar-refractivity contribution is 4.78. The third-order valence-corrected chi connectivity index (χ3v) is 3.80. The van der Waals surface area contributed by atoms with Crippen LogP contribution in [0.1, 0.15) is 59.8 Å². The molecule has 1 nitrogen and oxygen atoms in total. The molecule has 1 aliphatic carbocycles. The topological polar surface area (TPSA) is 12.0 Å². The predicted molar refractivity (Wildman–Crippen MR) is 72.6 cm³/mol. The van der Waals surface area contributed by atoms with Gasteiger partial charge in [-0.05, 0) is 43.2 Å². The first-order valence-electron chi connectivity index (χ1n) is 7.30. The Kier molecular flexibility index (Phi) is 6.41. The van der Waals surface area contributed by atoms with Crippen molar-refractivity contribution in [2.24, 2.45) is 23.7 Å². The highest BCUT2D eigenvalue weighted by Crippen LogP contribution is 2.34. The molecule has 0 aromatic carbocycles. The SMILES string of the molecule is CC(C)CNCC(CC(C)C)C1CCCC1. The van der Waals surface area contributed by atoms with E-state index in [0.717, 1.165) is 23.7 Å². The molecule has 1 fully saturated rings. The van der Waals surface area contributed by atoms with Crippen molar-refractivity contribution in [3.8, 4) is 0 Å². The zero-order valence-corrected chi connectivity index (χ0v) is 11.8. The van der Waals surface area contributed by atoms with E-state index in [1.165, 1.54) is 45.2 Å². The molecule has 1 heteroatoms. The minimum atomic E-state index is 0.781. The van der Waals surface area contributed by atoms with Crippen molar-refractivity contribution in [1.82, 2.24) is 5.32 Å². The van der Waals surface area contributed by atoms with Gasteiger partial charge in [0.2, 0.25) is 0 Å². The van der Waals surface area contributed by atoms with Gasteiger partial charge in [0.25, 0.3) is 0 Å². The van der Waals surface area contributed by atoms with Crippen molar-refractivity contribution in [2.75, 3.05) is 13.1 Å². The average Bonchev–Trinajstić information content (AvgIpc) is 2.67. The van der Waals surface area contributed by atoms with Crippen LogP contribution in [0.3, 0.4) is 0 Å². The first-order valence-corrected chi connectivity index (χ1v) is 7.30. The summed E-state index contributed by atoms with van der Waals surface area (Å²) in [5.41, 5.74) is 0. The molecule has 1 unspecified atom stereocenters. The van der Waals surface area contributed by atoms with Gasteiger partial charge in [-0.1, -0.05) is 53.4 Å². The first kappa shape index (κ1) is 14.0. The standard InChI is InChI=1S/C15H31N/c1-12(2)9-15(11-16-10-13(3)4)14-7-5-6-8-14/h12-16H,5-11H2,1-4H3. The van der Waals surface area contributed by atoms with Crippen LogP contribution in [-0.4, -0.2) is 13.1 Å². The van der Waals surface area contributed by atoms with Crippen LogP contribution in [0, 0.1) is 23.7 Å². The molecule has 1 N–H and O–H groups in total. The van der Waals surface area contributed by atoms with Gasteiger partial charge >= 0.3 is 0 Å². The molecule has 0 aliphatic heterocycles. The number of nitrogens with one attached hydrogen (secondary N) is 1. The zero-order chi connectivity index (χ0) is 12.0. The Labute approximate surface area is 102 Å². The van der Waals surface area contributed by atoms with Crippen LogP contribution in [0.2, 0.25) is 0 Å². The monoisotopic (exact) mass is 225 g/mol. The van der Waals surface area contributed by atoms with Gasteiger partial charge in [0, 0.05) is 0 Å². The molecule has 1 aliphatic rings. The van der Waals surface area contributed by atoms with Crippen LogP contribution < -0.4 is 5.32 Å². The van der Waals surface area contributed by atoms with Gasteiger partial charge in [0.05, 0.1) is 0 Å². The van der Waals surface area contributed by atoms with E-state index < -0.39 is 0 Å². The van der Waals surface area contributed by atoms with Crippen LogP contribution in [0.25, 0.3) is 0 Å². The van der Waals surface area contributed by atoms with Crippen molar-refractivity contribution in [3.63, 3.8) is 0 Å². The van der Waals surface area contributed by atoms with Crippen LogP contribution in [0.5, 0.6) is 0 Å². The van der Waals surface area contributed by atoms with E-state index in [4.69, 9.17) is 0 Å². The fourth-order valence-corrected chi connectivity index (χ4v) is 3.03. The zero-order valence-electron chi connectivity index (χ0n) is 11.8. The second-order valence-corrected chi connectivity index (χ2v) is 6.49. The Morgan fingerprint density at radius 2 is 1.56 bits per heavy atom. The van der Waals surface area contributed by atoms with E-state index >= 15 is 0 Å². The van der Waals surface area contributed by atoms with Crippen LogP contribution in [0.15, 0.2) is 0 Å². The van der Waals surface area contributed by atoms with Gasteiger partial charge < -0.3 is 5.32 Å². The maximum Gasteiger partial charge on any atom is -0.00177 e. The van der Waals surface area contributed by atoms with Crippen molar-refractivity contribution in [1.29, 1.82) is 0 Å². The highest BCUT2D eigenvalue weighted by atomic mass is 14.9. The molecule has 1 saturated carbocycles. The second-order valence-electron chi connectivity index (χ2n) is 6.49. The summed E-state index contributed by atoms with van der Waals surface area (Å²) in [6, 6.07) is 0. The molecule has 0 aromatic rings. The Bertz CT molecular complexity index is 168. The largest absolute Gasteiger partial charge is 0.316 e. The number of rotatable bonds is 7. The van der Waals surface area contributed by atoms with Crippen LogP contribution in [-0.2, 0) is 0 Å². The third kappa shape index (κ3) is 5.34. The average molecular weight is 225 g/mol. The van der Waals surface area contributed by atoms with Crippen molar-refractivity contribution in [2.45, 2.75) is 59.8 Å². The van der Waals surface area contributed by atoms with E-state index in [0.29, 0.717) is 0 Å². The van der Waals surface area contributed by atoms with Crippen molar-refractivity contribution < 1.29 is 0 Å². The summed E-state index contributed by atoms with van der Waals surface area (Å²) in [6.45, 7) is 11.7. The summed E-state index contributed by atoms with van der Waals surface area (Å²) < 4.78 is 0.